The van der Waals surface area contributed by atoms with Crippen molar-refractivity contribution >= 4 is 45.0 Å². The zero-order valence-electron chi connectivity index (χ0n) is 17.7. The molecule has 1 aromatic carbocycles. The van der Waals surface area contributed by atoms with E-state index < -0.39 is 34.0 Å². The topological polar surface area (TPSA) is 164 Å². The molecule has 1 aromatic rings. The summed E-state index contributed by atoms with van der Waals surface area (Å²) in [5.41, 5.74) is 1.05. The number of aliphatic hydroxyl groups excluding tert-OH is 2. The van der Waals surface area contributed by atoms with Crippen LogP contribution in [0.25, 0.3) is 0 Å². The first-order valence-corrected chi connectivity index (χ1v) is 12.9. The van der Waals surface area contributed by atoms with Crippen LogP contribution in [0, 0.1) is 0 Å². The first-order valence-electron chi connectivity index (χ1n) is 10.3. The first-order chi connectivity index (χ1) is 15.4. The van der Waals surface area contributed by atoms with Gasteiger partial charge in [0.25, 0.3) is 0 Å². The second-order valence-electron chi connectivity index (χ2n) is 8.00. The maximum Gasteiger partial charge on any atom is 0.335 e. The lowest BCUT2D eigenvalue weighted by Crippen LogP contribution is -2.47. The minimum atomic E-state index is -2.85. The van der Waals surface area contributed by atoms with Crippen LogP contribution >= 0.6 is 23.2 Å². The number of rotatable bonds is 7. The molecule has 0 radical (unpaired) electrons. The number of aliphatic hydroxyl groups is 2. The second-order valence-corrected chi connectivity index (χ2v) is 11.2. The van der Waals surface area contributed by atoms with Crippen LogP contribution in [0.1, 0.15) is 24.8 Å². The molecule has 2 unspecified atom stereocenters. The van der Waals surface area contributed by atoms with E-state index in [2.05, 4.69) is 10.2 Å². The van der Waals surface area contributed by atoms with Crippen LogP contribution < -0.4 is 5.32 Å². The van der Waals surface area contributed by atoms with E-state index in [4.69, 9.17) is 43.6 Å². The Bertz CT molecular complexity index is 908. The van der Waals surface area contributed by atoms with Crippen molar-refractivity contribution in [3.8, 4) is 0 Å². The molecule has 0 amide bonds. The Morgan fingerprint density at radius 2 is 1.61 bits per heavy atom. The van der Waals surface area contributed by atoms with E-state index in [-0.39, 0.29) is 0 Å². The third-order valence-corrected chi connectivity index (χ3v) is 7.97. The fourth-order valence-electron chi connectivity index (χ4n) is 3.80. The minimum absolute atomic E-state index is 0.294. The van der Waals surface area contributed by atoms with Gasteiger partial charge in [-0.3, -0.25) is 4.90 Å². The quantitative estimate of drug-likeness (QED) is 0.339. The molecule has 186 valence electrons. The van der Waals surface area contributed by atoms with Gasteiger partial charge in [0.05, 0.1) is 11.5 Å². The second kappa shape index (κ2) is 12.3. The number of aliphatic carboxylic acids is 2. The molecule has 0 saturated carbocycles. The minimum Gasteiger partial charge on any atom is -0.479 e. The molecule has 2 aliphatic rings. The SMILES string of the molecule is O=C(O)C(O)C(O)C(=O)O.O=S1(=O)CCC(N(Cc2ccc(Cl)cc2Cl)[C@H]2CCNC2)CC1. The summed E-state index contributed by atoms with van der Waals surface area (Å²) in [6, 6.07) is 6.34. The number of carboxylic acid groups (broad SMARTS) is 2. The predicted molar refractivity (Wildman–Crippen MR) is 122 cm³/mol. The smallest absolute Gasteiger partial charge is 0.335 e. The predicted octanol–water partition coefficient (Wildman–Crippen LogP) is 0.612. The average Bonchev–Trinajstić information content (AvgIpc) is 3.27. The van der Waals surface area contributed by atoms with Crippen molar-refractivity contribution < 1.29 is 38.4 Å². The van der Waals surface area contributed by atoms with E-state index in [1.165, 1.54) is 0 Å². The number of carbonyl (C=O) groups is 2. The summed E-state index contributed by atoms with van der Waals surface area (Å²) in [5, 5.41) is 37.2. The van der Waals surface area contributed by atoms with Crippen LogP contribution in [-0.4, -0.2) is 94.6 Å². The van der Waals surface area contributed by atoms with Crippen LogP contribution in [0.15, 0.2) is 18.2 Å². The number of nitrogens with one attached hydrogen (secondary N) is 1. The lowest BCUT2D eigenvalue weighted by atomic mass is 10.0. The highest BCUT2D eigenvalue weighted by atomic mass is 35.5. The number of nitrogens with zero attached hydrogens (tertiary/aromatic N) is 1. The zero-order valence-corrected chi connectivity index (χ0v) is 20.1. The molecule has 2 aliphatic heterocycles. The van der Waals surface area contributed by atoms with E-state index in [9.17, 15) is 18.0 Å². The van der Waals surface area contributed by atoms with Crippen LogP contribution in [-0.2, 0) is 26.0 Å². The summed E-state index contributed by atoms with van der Waals surface area (Å²) < 4.78 is 23.4. The molecular weight excluding hydrogens is 499 g/mol. The summed E-state index contributed by atoms with van der Waals surface area (Å²) >= 11 is 12.3. The van der Waals surface area contributed by atoms with Gasteiger partial charge in [0.2, 0.25) is 0 Å². The van der Waals surface area contributed by atoms with E-state index in [0.717, 1.165) is 31.6 Å². The summed E-state index contributed by atoms with van der Waals surface area (Å²) in [6.07, 6.45) is -2.02. The van der Waals surface area contributed by atoms with Crippen LogP contribution in [0.5, 0.6) is 0 Å². The molecular formula is C20H28Cl2N2O8S. The fourth-order valence-corrected chi connectivity index (χ4v) is 5.74. The maximum atomic E-state index is 11.7. The molecule has 0 spiro atoms. The molecule has 0 aliphatic carbocycles. The highest BCUT2D eigenvalue weighted by molar-refractivity contribution is 7.91. The van der Waals surface area contributed by atoms with Crippen molar-refractivity contribution in [1.82, 2.24) is 10.2 Å². The standard InChI is InChI=1S/C16H22Cl2N2O2S.C4H6O6/c17-13-2-1-12(16(18)9-13)11-20(15-3-6-19-10-15)14-4-7-23(21,22)8-5-14;5-1(3(7)8)2(6)4(9)10/h1-2,9,14-15,19H,3-8,10-11H2;1-2,5-6H,(H,7,8)(H,9,10)/t15-;/m0./s1. The zero-order chi connectivity index (χ0) is 24.8. The number of benzene rings is 1. The monoisotopic (exact) mass is 526 g/mol. The highest BCUT2D eigenvalue weighted by Gasteiger charge is 2.33. The van der Waals surface area contributed by atoms with Crippen molar-refractivity contribution in [2.45, 2.75) is 50.1 Å². The number of hydrogen-bond donors (Lipinski definition) is 5. The summed E-state index contributed by atoms with van der Waals surface area (Å²) in [6.45, 7) is 2.71. The van der Waals surface area contributed by atoms with Crippen LogP contribution in [0.2, 0.25) is 10.0 Å². The van der Waals surface area contributed by atoms with E-state index >= 15 is 0 Å². The summed E-state index contributed by atoms with van der Waals surface area (Å²) in [7, 11) is -2.85. The van der Waals surface area contributed by atoms with Crippen LogP contribution in [0.3, 0.4) is 0 Å². The summed E-state index contributed by atoms with van der Waals surface area (Å²) in [5.74, 6) is -2.95. The Morgan fingerprint density at radius 3 is 2.06 bits per heavy atom. The molecule has 0 bridgehead atoms. The molecule has 3 rings (SSSR count). The van der Waals surface area contributed by atoms with Crippen LogP contribution in [0.4, 0.5) is 0 Å². The number of hydrogen-bond acceptors (Lipinski definition) is 8. The fraction of sp³-hybridized carbons (Fsp3) is 0.600. The van der Waals surface area contributed by atoms with Gasteiger partial charge in [-0.2, -0.15) is 0 Å². The molecule has 5 N–H and O–H groups in total. The number of sulfone groups is 1. The normalized spacial score (nSPS) is 22.3. The van der Waals surface area contributed by atoms with E-state index in [0.29, 0.717) is 46.5 Å². The van der Waals surface area contributed by atoms with Crippen molar-refractivity contribution in [2.24, 2.45) is 0 Å². The largest absolute Gasteiger partial charge is 0.479 e. The van der Waals surface area contributed by atoms with E-state index in [1.54, 1.807) is 6.07 Å². The molecule has 10 nitrogen and oxygen atoms in total. The molecule has 2 heterocycles. The first kappa shape index (κ1) is 27.8. The van der Waals surface area contributed by atoms with Gasteiger partial charge >= 0.3 is 11.9 Å². The van der Waals surface area contributed by atoms with Gasteiger partial charge in [0.15, 0.2) is 12.2 Å². The molecule has 13 heteroatoms. The van der Waals surface area contributed by atoms with Gasteiger partial charge in [-0.15, -0.1) is 0 Å². The molecule has 0 aromatic heterocycles. The molecule has 33 heavy (non-hydrogen) atoms. The lowest BCUT2D eigenvalue weighted by Gasteiger charge is -2.38. The van der Waals surface area contributed by atoms with Gasteiger partial charge in [0.1, 0.15) is 9.84 Å². The van der Waals surface area contributed by atoms with Gasteiger partial charge in [0, 0.05) is 35.2 Å². The Hall–Kier alpha value is -1.47. The van der Waals surface area contributed by atoms with Crippen molar-refractivity contribution in [2.75, 3.05) is 24.6 Å². The highest BCUT2D eigenvalue weighted by Crippen LogP contribution is 2.28. The van der Waals surface area contributed by atoms with Gasteiger partial charge < -0.3 is 25.7 Å². The number of halogens is 2. The van der Waals surface area contributed by atoms with Crippen molar-refractivity contribution in [3.63, 3.8) is 0 Å². The van der Waals surface area contributed by atoms with E-state index in [1.807, 2.05) is 12.1 Å². The Kier molecular flexibility index (Phi) is 10.3. The third kappa shape index (κ3) is 8.36. The van der Waals surface area contributed by atoms with Gasteiger partial charge in [-0.05, 0) is 43.5 Å². The average molecular weight is 527 g/mol. The Morgan fingerprint density at radius 1 is 1.03 bits per heavy atom. The van der Waals surface area contributed by atoms with Gasteiger partial charge in [-0.25, -0.2) is 18.0 Å². The summed E-state index contributed by atoms with van der Waals surface area (Å²) in [4.78, 5) is 22.0. The Balaban J connectivity index is 0.000000328. The Labute approximate surface area is 202 Å². The third-order valence-electron chi connectivity index (χ3n) is 5.67. The maximum absolute atomic E-state index is 11.7. The van der Waals surface area contributed by atoms with Crippen molar-refractivity contribution in [1.29, 1.82) is 0 Å². The lowest BCUT2D eigenvalue weighted by molar-refractivity contribution is -0.165. The van der Waals surface area contributed by atoms with Gasteiger partial charge in [-0.1, -0.05) is 29.3 Å². The van der Waals surface area contributed by atoms with Crippen molar-refractivity contribution in [3.05, 3.63) is 33.8 Å². The molecule has 2 saturated heterocycles. The number of carboxylic acids is 2. The molecule has 2 fully saturated rings. The molecule has 3 atom stereocenters.